The first-order valence-corrected chi connectivity index (χ1v) is 34.4. The van der Waals surface area contributed by atoms with E-state index >= 15 is 0 Å². The number of hydrogen-bond acceptors (Lipinski definition) is 39. The van der Waals surface area contributed by atoms with Crippen LogP contribution in [-0.2, 0) is 186 Å². The van der Waals surface area contributed by atoms with Gasteiger partial charge in [0.25, 0.3) is 137 Å². The minimum atomic E-state index is -0.833. The highest BCUT2D eigenvalue weighted by Gasteiger charge is 1.74. The quantitative estimate of drug-likeness (QED) is 0.127. The van der Waals surface area contributed by atoms with E-state index in [1.807, 2.05) is 0 Å². The average Bonchev–Trinajstić information content (AvgIpc) is 3.87. The molecule has 0 aromatic rings. The van der Waals surface area contributed by atoms with Gasteiger partial charge in [-0.05, 0) is 0 Å². The zero-order chi connectivity index (χ0) is 126. The van der Waals surface area contributed by atoms with E-state index in [4.69, 9.17) is 228 Å². The van der Waals surface area contributed by atoms with Crippen LogP contribution < -0.4 is 0 Å². The summed E-state index contributed by atoms with van der Waals surface area (Å²) in [5.41, 5.74) is 0. The topological polar surface area (TPSA) is 1010 Å². The molecule has 0 fully saturated rings. The molecule has 0 unspecified atom stereocenters. The molecule has 872 valence electrons. The second kappa shape index (κ2) is 380. The molecule has 140 heavy (non-hydrogen) atoms. The fourth-order valence-corrected chi connectivity index (χ4v) is 0. The Morgan fingerprint density at radius 1 is 0.0786 bits per heavy atom. The Kier molecular flexibility index (Phi) is 706. The Morgan fingerprint density at radius 3 is 0.0786 bits per heavy atom. The number of hydrogen-bond donors (Lipinski definition) is 23. The van der Waals surface area contributed by atoms with Crippen LogP contribution in [-0.4, -0.2) is 482 Å². The van der Waals surface area contributed by atoms with Crippen LogP contribution in [0.4, 0.5) is 0 Å². The van der Waals surface area contributed by atoms with E-state index in [0.29, 0.717) is 0 Å². The lowest BCUT2D eigenvalue weighted by Gasteiger charge is -1.61. The van der Waals surface area contributed by atoms with Crippen LogP contribution in [0.2, 0.25) is 0 Å². The lowest BCUT2D eigenvalue weighted by atomic mass is 10.9. The molecule has 0 aromatic carbocycles. The zero-order valence-electron chi connectivity index (χ0n) is 92.7. The molecule has 62 nitrogen and oxygen atoms in total. The Morgan fingerprint density at radius 2 is 0.0786 bits per heavy atom. The highest BCUT2D eigenvalue weighted by Crippen LogP contribution is 1.52. The van der Waals surface area contributed by atoms with Crippen LogP contribution in [0.25, 0.3) is 0 Å². The van der Waals surface area contributed by atoms with Gasteiger partial charge in [-0.1, -0.05) is 0 Å². The molecule has 0 bridgehead atoms. The highest BCUT2D eigenvalue weighted by atomic mass is 16.5. The van der Waals surface area contributed by atoms with Gasteiger partial charge in [0.15, 0.2) is 0 Å². The average molecular weight is 2120 g/mol. The number of ether oxygens (including phenoxy) is 16. The summed E-state index contributed by atoms with van der Waals surface area (Å²) in [6.45, 7) is 24.9. The van der Waals surface area contributed by atoms with E-state index in [1.165, 1.54) is 0 Å². The molecule has 0 saturated carbocycles. The van der Waals surface area contributed by atoms with Crippen molar-refractivity contribution in [1.29, 1.82) is 0 Å². The van der Waals surface area contributed by atoms with Crippen molar-refractivity contribution in [3.8, 4) is 0 Å². The fourth-order valence-electron chi connectivity index (χ4n) is 0. The maximum Gasteiger partial charge on any atom is 0.300 e. The number of methoxy groups -OCH3 is 16. The van der Waals surface area contributed by atoms with Gasteiger partial charge in [-0.15, -0.1) is 0 Å². The minimum Gasteiger partial charge on any atom is -0.481 e. The first-order valence-electron chi connectivity index (χ1n) is 34.4. The van der Waals surface area contributed by atoms with Crippen molar-refractivity contribution in [2.45, 2.75) is 159 Å². The van der Waals surface area contributed by atoms with E-state index in [2.05, 4.69) is 75.8 Å². The first kappa shape index (κ1) is 260. The number of carbonyl (C=O) groups is 23. The molecule has 23 N–H and O–H groups in total. The maximum atomic E-state index is 9.00. The second-order valence-electron chi connectivity index (χ2n) is 18.5. The number of carboxylic acids is 23. The Hall–Kier alpha value is -12.8. The Bertz CT molecular complexity index is 1500. The third kappa shape index (κ3) is 11700. The molecule has 0 aliphatic rings. The van der Waals surface area contributed by atoms with Crippen molar-refractivity contribution in [1.82, 2.24) is 0 Å². The summed E-state index contributed by atoms with van der Waals surface area (Å²) >= 11 is 0. The SMILES string of the molecule is CC(=O)O.CC(=O)O.CC(=O)O.CC(=O)O.CC(=O)O.CC(=O)O.CC(=O)O.CC(=O)O.CC(=O)O.CC(=O)O.CC(=O)O.CC(=O)O.CC(=O)O.CC(=O)O.CC(=O)O.CC(=O)O.CC(=O)O.CC(=O)O.CC(=O)O.CC(=O)O.CC(=O)O.CC(=O)O.CC(=O)O.COC.COC.COC.COC.COC.COC.COC.COC.COC.COC.COC.COC.COC.COC.COC.COC. The lowest BCUT2D eigenvalue weighted by molar-refractivity contribution is -0.135. The van der Waals surface area contributed by atoms with E-state index < -0.39 is 137 Å². The molecule has 0 heterocycles. The van der Waals surface area contributed by atoms with Crippen LogP contribution >= 0.6 is 0 Å². The standard InChI is InChI=1S/23C2H4O2.16C2H6O/c23*1-2(3)4;16*1-3-2/h23*1H3,(H,3,4);16*1-2H3. The van der Waals surface area contributed by atoms with Crippen molar-refractivity contribution in [3.63, 3.8) is 0 Å². The van der Waals surface area contributed by atoms with Crippen molar-refractivity contribution in [2.24, 2.45) is 0 Å². The molecule has 0 saturated heterocycles. The minimum absolute atomic E-state index is 0.833. The monoisotopic (exact) mass is 2120 g/mol. The zero-order valence-corrected chi connectivity index (χ0v) is 92.7. The normalized spacial score (nSPS) is 6.16. The van der Waals surface area contributed by atoms with E-state index in [1.54, 1.807) is 228 Å². The first-order chi connectivity index (χ1) is 62.5. The second-order valence-corrected chi connectivity index (χ2v) is 18.5. The van der Waals surface area contributed by atoms with Crippen molar-refractivity contribution < 1.29 is 304 Å². The molecule has 62 heteroatoms. The highest BCUT2D eigenvalue weighted by molar-refractivity contribution is 5.68. The molecule has 0 spiro atoms. The van der Waals surface area contributed by atoms with Crippen molar-refractivity contribution in [3.05, 3.63) is 0 Å². The maximum absolute atomic E-state index is 9.00. The predicted molar refractivity (Wildman–Crippen MR) is 513 cm³/mol. The predicted octanol–water partition coefficient (Wildman–Crippen LogP) is 6.29. The Labute approximate surface area is 825 Å². The van der Waals surface area contributed by atoms with Gasteiger partial charge in [0.05, 0.1) is 0 Å². The summed E-state index contributed by atoms with van der Waals surface area (Å²) in [7, 11) is 52.0. The van der Waals surface area contributed by atoms with Gasteiger partial charge in [0, 0.05) is 387 Å². The van der Waals surface area contributed by atoms with Gasteiger partial charge >= 0.3 is 0 Å². The summed E-state index contributed by atoms with van der Waals surface area (Å²) in [6, 6.07) is 0. The molecule has 0 aromatic heterocycles. The summed E-state index contributed by atoms with van der Waals surface area (Å²) in [5, 5.41) is 171. The molecular weight excluding hydrogens is 1930 g/mol. The smallest absolute Gasteiger partial charge is 0.300 e. The lowest BCUT2D eigenvalue weighted by Crippen LogP contribution is -1.78. The molecule has 0 aliphatic heterocycles. The third-order valence-electron chi connectivity index (χ3n) is 0. The molecule has 0 amide bonds. The van der Waals surface area contributed by atoms with E-state index in [-0.39, 0.29) is 0 Å². The van der Waals surface area contributed by atoms with Gasteiger partial charge in [-0.2, -0.15) is 0 Å². The molecule has 0 aliphatic carbocycles. The van der Waals surface area contributed by atoms with Gasteiger partial charge in [-0.25, -0.2) is 0 Å². The van der Waals surface area contributed by atoms with E-state index in [0.717, 1.165) is 159 Å². The van der Waals surface area contributed by atoms with Crippen LogP contribution in [0, 0.1) is 0 Å². The molecule has 0 rings (SSSR count). The van der Waals surface area contributed by atoms with Crippen molar-refractivity contribution in [2.75, 3.05) is 228 Å². The van der Waals surface area contributed by atoms with Crippen LogP contribution in [0.1, 0.15) is 159 Å². The van der Waals surface area contributed by atoms with Crippen LogP contribution in [0.15, 0.2) is 0 Å². The van der Waals surface area contributed by atoms with Gasteiger partial charge in [0.2, 0.25) is 0 Å². The number of rotatable bonds is 0. The third-order valence-corrected chi connectivity index (χ3v) is 0. The number of aliphatic carboxylic acids is 23. The fraction of sp³-hybridized carbons (Fsp3) is 0.705. The molecular formula is C78H188O62. The summed E-state index contributed by atoms with van der Waals surface area (Å²) < 4.78 is 68.0. The van der Waals surface area contributed by atoms with Gasteiger partial charge in [-0.3, -0.25) is 110 Å². The summed E-state index contributed by atoms with van der Waals surface area (Å²) in [6.07, 6.45) is 0. The largest absolute Gasteiger partial charge is 0.481 e. The summed E-state index contributed by atoms with van der Waals surface area (Å²) in [5.74, 6) is -19.2. The number of carboxylic acid groups (broad SMARTS) is 23. The molecule has 0 atom stereocenters. The summed E-state index contributed by atoms with van der Waals surface area (Å²) in [4.78, 5) is 207. The molecule has 0 radical (unpaired) electrons. The van der Waals surface area contributed by atoms with Crippen molar-refractivity contribution >= 4 is 137 Å². The van der Waals surface area contributed by atoms with Gasteiger partial charge < -0.3 is 193 Å². The van der Waals surface area contributed by atoms with E-state index in [9.17, 15) is 0 Å². The van der Waals surface area contributed by atoms with Gasteiger partial charge in [0.1, 0.15) is 0 Å². The Balaban J connectivity index is -0.0000000202. The van der Waals surface area contributed by atoms with Crippen LogP contribution in [0.3, 0.4) is 0 Å². The van der Waals surface area contributed by atoms with Crippen LogP contribution in [0.5, 0.6) is 0 Å².